The summed E-state index contributed by atoms with van der Waals surface area (Å²) in [5.74, 6) is 0.549. The summed E-state index contributed by atoms with van der Waals surface area (Å²) in [7, 11) is 0.889. The Labute approximate surface area is 187 Å². The van der Waals surface area contributed by atoms with E-state index in [-0.39, 0.29) is 10.7 Å². The molecule has 0 saturated heterocycles. The van der Waals surface area contributed by atoms with Gasteiger partial charge >= 0.3 is 0 Å². The Morgan fingerprint density at radius 1 is 0.688 bits per heavy atom. The van der Waals surface area contributed by atoms with Crippen molar-refractivity contribution < 1.29 is 27.4 Å². The van der Waals surface area contributed by atoms with Gasteiger partial charge in [0.05, 0.1) is 31.5 Å². The normalized spacial score (nSPS) is 19.8. The second-order valence-electron chi connectivity index (χ2n) is 7.60. The molecule has 166 valence electrons. The fourth-order valence-corrected chi connectivity index (χ4v) is 6.21. The number of hydrogen-bond acceptors (Lipinski definition) is 6. The van der Waals surface area contributed by atoms with Gasteiger partial charge in [0.1, 0.15) is 17.2 Å². The largest absolute Gasteiger partial charge is 0.497 e. The highest BCUT2D eigenvalue weighted by atomic mass is 32.2. The zero-order valence-electron chi connectivity index (χ0n) is 18.0. The van der Waals surface area contributed by atoms with Crippen LogP contribution in [0.2, 0.25) is 0 Å². The minimum absolute atomic E-state index is 0.173. The molecular formula is C25H24O6S. The number of sulfone groups is 1. The average molecular weight is 453 g/mol. The van der Waals surface area contributed by atoms with Gasteiger partial charge in [-0.1, -0.05) is 12.1 Å². The van der Waals surface area contributed by atoms with Gasteiger partial charge in [-0.25, -0.2) is 8.42 Å². The first-order valence-corrected chi connectivity index (χ1v) is 11.7. The number of methoxy groups -OCH3 is 3. The molecule has 0 aliphatic heterocycles. The van der Waals surface area contributed by atoms with Crippen LogP contribution in [0.5, 0.6) is 17.2 Å². The average Bonchev–Trinajstić information content (AvgIpc) is 3.60. The second kappa shape index (κ2) is 8.67. The Balaban J connectivity index is 1.71. The Morgan fingerprint density at radius 3 is 1.59 bits per heavy atom. The summed E-state index contributed by atoms with van der Waals surface area (Å²) in [5, 5.41) is -0.848. The maximum Gasteiger partial charge on any atom is 0.182 e. The molecule has 0 unspecified atom stereocenters. The summed E-state index contributed by atoms with van der Waals surface area (Å²) in [4.78, 5) is 13.5. The second-order valence-corrected chi connectivity index (χ2v) is 9.71. The Morgan fingerprint density at radius 2 is 1.12 bits per heavy atom. The van der Waals surface area contributed by atoms with Crippen LogP contribution in [0, 0.1) is 5.92 Å². The van der Waals surface area contributed by atoms with E-state index >= 15 is 0 Å². The first-order valence-electron chi connectivity index (χ1n) is 10.1. The maximum atomic E-state index is 13.5. The topological polar surface area (TPSA) is 78.9 Å². The van der Waals surface area contributed by atoms with Gasteiger partial charge in [0, 0.05) is 17.4 Å². The summed E-state index contributed by atoms with van der Waals surface area (Å²) in [6.45, 7) is 0. The Hall–Kier alpha value is -3.32. The standard InChI is InChI=1S/C25H24O6S/c1-29-18-8-4-16(5-9-18)22-23(24(26)17-6-10-19(30-2)11-7-17)25(22)32(27,28)21-14-12-20(31-3)13-15-21/h4-15,22-23,25H,1-3H3/t22-,23-,25+/m1/s1. The maximum absolute atomic E-state index is 13.5. The minimum Gasteiger partial charge on any atom is -0.497 e. The molecule has 3 aromatic carbocycles. The Bertz CT molecular complexity index is 1200. The molecule has 1 aliphatic carbocycles. The fraction of sp³-hybridized carbons (Fsp3) is 0.240. The minimum atomic E-state index is -3.75. The van der Waals surface area contributed by atoms with Crippen LogP contribution in [0.3, 0.4) is 0 Å². The van der Waals surface area contributed by atoms with Crippen molar-refractivity contribution in [3.63, 3.8) is 0 Å². The monoisotopic (exact) mass is 452 g/mol. The fourth-order valence-electron chi connectivity index (χ4n) is 4.07. The lowest BCUT2D eigenvalue weighted by Gasteiger charge is -2.06. The van der Waals surface area contributed by atoms with Crippen molar-refractivity contribution in [1.29, 1.82) is 0 Å². The van der Waals surface area contributed by atoms with E-state index in [4.69, 9.17) is 14.2 Å². The van der Waals surface area contributed by atoms with Gasteiger partial charge in [0.25, 0.3) is 0 Å². The highest BCUT2D eigenvalue weighted by molar-refractivity contribution is 7.92. The van der Waals surface area contributed by atoms with Crippen molar-refractivity contribution in [2.24, 2.45) is 5.92 Å². The van der Waals surface area contributed by atoms with Gasteiger partial charge in [0.15, 0.2) is 15.6 Å². The molecule has 0 amide bonds. The van der Waals surface area contributed by atoms with Crippen molar-refractivity contribution in [3.8, 4) is 17.2 Å². The first-order chi connectivity index (χ1) is 15.4. The summed E-state index contributed by atoms with van der Waals surface area (Å²) in [5.41, 5.74) is 1.25. The van der Waals surface area contributed by atoms with Crippen molar-refractivity contribution in [1.82, 2.24) is 0 Å². The van der Waals surface area contributed by atoms with Crippen LogP contribution in [0.15, 0.2) is 77.7 Å². The van der Waals surface area contributed by atoms with Crippen LogP contribution in [0.4, 0.5) is 0 Å². The zero-order valence-corrected chi connectivity index (χ0v) is 18.8. The Kier molecular flexibility index (Phi) is 5.93. The number of benzene rings is 3. The molecule has 4 rings (SSSR count). The summed E-state index contributed by atoms with van der Waals surface area (Å²) < 4.78 is 42.5. The van der Waals surface area contributed by atoms with Crippen LogP contribution >= 0.6 is 0 Å². The third-order valence-electron chi connectivity index (χ3n) is 5.88. The van der Waals surface area contributed by atoms with E-state index in [2.05, 4.69) is 0 Å². The first kappa shape index (κ1) is 21.9. The van der Waals surface area contributed by atoms with E-state index in [1.54, 1.807) is 62.8 Å². The van der Waals surface area contributed by atoms with E-state index in [1.807, 2.05) is 12.1 Å². The number of ether oxygens (including phenoxy) is 3. The zero-order chi connectivity index (χ0) is 22.9. The van der Waals surface area contributed by atoms with Crippen molar-refractivity contribution >= 4 is 15.6 Å². The molecule has 32 heavy (non-hydrogen) atoms. The molecule has 7 heteroatoms. The van der Waals surface area contributed by atoms with Gasteiger partial charge in [-0.3, -0.25) is 4.79 Å². The van der Waals surface area contributed by atoms with Gasteiger partial charge in [-0.15, -0.1) is 0 Å². The van der Waals surface area contributed by atoms with Gasteiger partial charge in [-0.05, 0) is 66.2 Å². The smallest absolute Gasteiger partial charge is 0.182 e. The molecule has 1 saturated carbocycles. The van der Waals surface area contributed by atoms with Gasteiger partial charge in [0.2, 0.25) is 0 Å². The predicted molar refractivity (Wildman–Crippen MR) is 121 cm³/mol. The van der Waals surface area contributed by atoms with E-state index in [1.165, 1.54) is 19.2 Å². The number of ketones is 1. The van der Waals surface area contributed by atoms with Crippen molar-refractivity contribution in [2.45, 2.75) is 16.1 Å². The van der Waals surface area contributed by atoms with Crippen molar-refractivity contribution in [3.05, 3.63) is 83.9 Å². The molecule has 1 fully saturated rings. The summed E-state index contributed by atoms with van der Waals surface area (Å²) in [6.07, 6.45) is 0. The summed E-state index contributed by atoms with van der Waals surface area (Å²) >= 11 is 0. The van der Waals surface area contributed by atoms with Crippen LogP contribution in [-0.2, 0) is 9.84 Å². The van der Waals surface area contributed by atoms with Crippen molar-refractivity contribution in [2.75, 3.05) is 21.3 Å². The molecule has 0 N–H and O–H groups in total. The number of rotatable bonds is 8. The van der Waals surface area contributed by atoms with Gasteiger partial charge < -0.3 is 14.2 Å². The lowest BCUT2D eigenvalue weighted by atomic mass is 10.0. The molecule has 0 aromatic heterocycles. The van der Waals surface area contributed by atoms with E-state index in [0.717, 1.165) is 5.56 Å². The number of hydrogen-bond donors (Lipinski definition) is 0. The SMILES string of the molecule is COc1ccc(C(=O)[C@H]2[C@@H](c3ccc(OC)cc3)[C@@H]2S(=O)(=O)c2ccc(OC)cc2)cc1. The van der Waals surface area contributed by atoms with Crippen LogP contribution < -0.4 is 14.2 Å². The molecule has 3 atom stereocenters. The highest BCUT2D eigenvalue weighted by Crippen LogP contribution is 2.55. The third-order valence-corrected chi connectivity index (χ3v) is 8.11. The van der Waals surface area contributed by atoms with E-state index in [9.17, 15) is 13.2 Å². The number of carbonyl (C=O) groups excluding carboxylic acids is 1. The quantitative estimate of drug-likeness (QED) is 0.478. The molecule has 0 radical (unpaired) electrons. The molecule has 3 aromatic rings. The van der Waals surface area contributed by atoms with Gasteiger partial charge in [-0.2, -0.15) is 0 Å². The molecule has 1 aliphatic rings. The lowest BCUT2D eigenvalue weighted by Crippen LogP contribution is -2.14. The molecule has 0 bridgehead atoms. The van der Waals surface area contributed by atoms with Crippen LogP contribution in [0.25, 0.3) is 0 Å². The molecular weight excluding hydrogens is 428 g/mol. The molecule has 6 nitrogen and oxygen atoms in total. The summed E-state index contributed by atoms with van der Waals surface area (Å²) in [6, 6.07) is 20.2. The highest BCUT2D eigenvalue weighted by Gasteiger charge is 2.62. The molecule has 0 spiro atoms. The lowest BCUT2D eigenvalue weighted by molar-refractivity contribution is 0.0965. The molecule has 0 heterocycles. The van der Waals surface area contributed by atoms with Crippen LogP contribution in [0.1, 0.15) is 21.8 Å². The van der Waals surface area contributed by atoms with E-state index in [0.29, 0.717) is 22.8 Å². The number of carbonyl (C=O) groups is 1. The predicted octanol–water partition coefficient (Wildman–Crippen LogP) is 4.15. The van der Waals surface area contributed by atoms with Crippen LogP contribution in [-0.4, -0.2) is 40.8 Å². The van der Waals surface area contributed by atoms with E-state index < -0.39 is 26.9 Å². The third kappa shape index (κ3) is 3.96. The number of Topliss-reactive ketones (excluding diaryl/α,β-unsaturated/α-hetero) is 1.